The zero-order chi connectivity index (χ0) is 17.6. The van der Waals surface area contributed by atoms with Gasteiger partial charge >= 0.3 is 0 Å². The van der Waals surface area contributed by atoms with Crippen molar-refractivity contribution in [1.29, 1.82) is 0 Å². The average molecular weight is 454 g/mol. The molecule has 1 amide bonds. The summed E-state index contributed by atoms with van der Waals surface area (Å²) in [6.45, 7) is 6.63. The van der Waals surface area contributed by atoms with E-state index in [0.29, 0.717) is 11.1 Å². The highest BCUT2D eigenvalue weighted by Crippen LogP contribution is 2.32. The van der Waals surface area contributed by atoms with E-state index in [1.165, 1.54) is 0 Å². The molecule has 136 valence electrons. The number of nitrogens with zero attached hydrogens (tertiary/aromatic N) is 2. The standard InChI is InChI=1S/C19H26N4O.HI/c1-5-15-8-7-9-16(12-15)22-17(24)13-21-18(20-4)23-11-10-19(3,6-2)14-23;/h1,7-9,12H,6,10-11,13-14H2,2-4H3,(H,20,21)(H,22,24);1H. The fourth-order valence-electron chi connectivity index (χ4n) is 2.88. The number of anilines is 1. The second-order valence-electron chi connectivity index (χ2n) is 6.51. The Balaban J connectivity index is 0.00000312. The Bertz CT molecular complexity index is 668. The van der Waals surface area contributed by atoms with Gasteiger partial charge in [0.25, 0.3) is 0 Å². The Kier molecular flexibility index (Phi) is 8.23. The van der Waals surface area contributed by atoms with E-state index in [0.717, 1.165) is 37.5 Å². The van der Waals surface area contributed by atoms with E-state index in [1.54, 1.807) is 13.1 Å². The number of benzene rings is 1. The van der Waals surface area contributed by atoms with Gasteiger partial charge in [-0.05, 0) is 36.5 Å². The Labute approximate surface area is 167 Å². The van der Waals surface area contributed by atoms with Gasteiger partial charge in [-0.1, -0.05) is 25.8 Å². The van der Waals surface area contributed by atoms with Crippen LogP contribution in [0.25, 0.3) is 0 Å². The third kappa shape index (κ3) is 5.92. The van der Waals surface area contributed by atoms with Crippen LogP contribution >= 0.6 is 24.0 Å². The number of hydrogen-bond acceptors (Lipinski definition) is 2. The number of carbonyl (C=O) groups is 1. The fourth-order valence-corrected chi connectivity index (χ4v) is 2.88. The molecule has 0 bridgehead atoms. The number of terminal acetylenes is 1. The lowest BCUT2D eigenvalue weighted by Crippen LogP contribution is -2.43. The SMILES string of the molecule is C#Cc1cccc(NC(=O)CNC(=NC)N2CCC(C)(CC)C2)c1.I. The van der Waals surface area contributed by atoms with Gasteiger partial charge in [-0.25, -0.2) is 0 Å². The molecule has 1 fully saturated rings. The van der Waals surface area contributed by atoms with Crippen LogP contribution in [0.5, 0.6) is 0 Å². The van der Waals surface area contributed by atoms with Gasteiger partial charge in [0.2, 0.25) is 5.91 Å². The molecule has 6 heteroatoms. The van der Waals surface area contributed by atoms with Crippen LogP contribution in [-0.2, 0) is 4.79 Å². The number of hydrogen-bond donors (Lipinski definition) is 2. The Morgan fingerprint density at radius 1 is 1.48 bits per heavy atom. The van der Waals surface area contributed by atoms with E-state index < -0.39 is 0 Å². The zero-order valence-corrected chi connectivity index (χ0v) is 17.5. The third-order valence-electron chi connectivity index (χ3n) is 4.64. The molecule has 1 heterocycles. The molecule has 5 nitrogen and oxygen atoms in total. The van der Waals surface area contributed by atoms with Crippen LogP contribution in [0.1, 0.15) is 32.3 Å². The molecule has 0 aliphatic carbocycles. The summed E-state index contributed by atoms with van der Waals surface area (Å²) in [6.07, 6.45) is 7.67. The molecule has 1 atom stereocenters. The predicted molar refractivity (Wildman–Crippen MR) is 114 cm³/mol. The van der Waals surface area contributed by atoms with Gasteiger partial charge < -0.3 is 15.5 Å². The van der Waals surface area contributed by atoms with Crippen LogP contribution in [-0.4, -0.2) is 43.4 Å². The number of amides is 1. The van der Waals surface area contributed by atoms with E-state index in [9.17, 15) is 4.79 Å². The lowest BCUT2D eigenvalue weighted by molar-refractivity contribution is -0.115. The molecule has 1 unspecified atom stereocenters. The number of nitrogens with one attached hydrogen (secondary N) is 2. The average Bonchev–Trinajstić information content (AvgIpc) is 2.98. The van der Waals surface area contributed by atoms with Crippen molar-refractivity contribution in [3.63, 3.8) is 0 Å². The summed E-state index contributed by atoms with van der Waals surface area (Å²) in [5.41, 5.74) is 1.77. The van der Waals surface area contributed by atoms with Gasteiger partial charge in [0.1, 0.15) is 0 Å². The van der Waals surface area contributed by atoms with Gasteiger partial charge in [-0.3, -0.25) is 9.79 Å². The first kappa shape index (κ1) is 21.3. The van der Waals surface area contributed by atoms with E-state index in [2.05, 4.69) is 40.3 Å². The maximum Gasteiger partial charge on any atom is 0.243 e. The summed E-state index contributed by atoms with van der Waals surface area (Å²) < 4.78 is 0. The minimum atomic E-state index is -0.122. The molecule has 0 radical (unpaired) electrons. The molecular formula is C19H27IN4O. The molecule has 1 aliphatic heterocycles. The molecule has 1 aromatic rings. The summed E-state index contributed by atoms with van der Waals surface area (Å²) in [7, 11) is 1.75. The van der Waals surface area contributed by atoms with Crippen LogP contribution < -0.4 is 10.6 Å². The molecule has 2 rings (SSSR count). The van der Waals surface area contributed by atoms with E-state index >= 15 is 0 Å². The van der Waals surface area contributed by atoms with Crippen molar-refractivity contribution in [2.75, 3.05) is 32.0 Å². The van der Waals surface area contributed by atoms with Crippen molar-refractivity contribution in [3.05, 3.63) is 29.8 Å². The first-order chi connectivity index (χ1) is 11.5. The van der Waals surface area contributed by atoms with Crippen molar-refractivity contribution in [3.8, 4) is 12.3 Å². The highest BCUT2D eigenvalue weighted by Gasteiger charge is 2.33. The number of aliphatic imine (C=N–C) groups is 1. The monoisotopic (exact) mass is 454 g/mol. The molecular weight excluding hydrogens is 427 g/mol. The van der Waals surface area contributed by atoms with Crippen molar-refractivity contribution in [2.24, 2.45) is 10.4 Å². The van der Waals surface area contributed by atoms with Crippen molar-refractivity contribution in [2.45, 2.75) is 26.7 Å². The third-order valence-corrected chi connectivity index (χ3v) is 4.64. The van der Waals surface area contributed by atoms with Crippen LogP contribution in [0, 0.1) is 17.8 Å². The van der Waals surface area contributed by atoms with Gasteiger partial charge in [-0.2, -0.15) is 0 Å². The lowest BCUT2D eigenvalue weighted by Gasteiger charge is -2.25. The highest BCUT2D eigenvalue weighted by molar-refractivity contribution is 14.0. The summed E-state index contributed by atoms with van der Waals surface area (Å²) in [4.78, 5) is 18.7. The van der Waals surface area contributed by atoms with Crippen LogP contribution in [0.2, 0.25) is 0 Å². The van der Waals surface area contributed by atoms with Gasteiger partial charge in [-0.15, -0.1) is 30.4 Å². The summed E-state index contributed by atoms with van der Waals surface area (Å²) in [5, 5.41) is 5.99. The minimum Gasteiger partial charge on any atom is -0.347 e. The minimum absolute atomic E-state index is 0. The lowest BCUT2D eigenvalue weighted by atomic mass is 9.87. The maximum absolute atomic E-state index is 12.1. The molecule has 2 N–H and O–H groups in total. The topological polar surface area (TPSA) is 56.7 Å². The zero-order valence-electron chi connectivity index (χ0n) is 15.1. The molecule has 1 aliphatic rings. The van der Waals surface area contributed by atoms with Crippen molar-refractivity contribution >= 4 is 41.5 Å². The molecule has 0 saturated carbocycles. The molecule has 1 aromatic carbocycles. The Morgan fingerprint density at radius 3 is 2.84 bits per heavy atom. The second-order valence-corrected chi connectivity index (χ2v) is 6.51. The quantitative estimate of drug-likeness (QED) is 0.319. The number of likely N-dealkylation sites (tertiary alicyclic amines) is 1. The first-order valence-electron chi connectivity index (χ1n) is 8.32. The largest absolute Gasteiger partial charge is 0.347 e. The summed E-state index contributed by atoms with van der Waals surface area (Å²) in [6, 6.07) is 7.25. The molecule has 0 aromatic heterocycles. The van der Waals surface area contributed by atoms with Crippen LogP contribution in [0.4, 0.5) is 5.69 Å². The number of carbonyl (C=O) groups excluding carboxylic acids is 1. The first-order valence-corrected chi connectivity index (χ1v) is 8.32. The Hall–Kier alpha value is -1.75. The van der Waals surface area contributed by atoms with Crippen LogP contribution in [0.15, 0.2) is 29.3 Å². The number of rotatable bonds is 4. The van der Waals surface area contributed by atoms with E-state index in [-0.39, 0.29) is 36.4 Å². The molecule has 25 heavy (non-hydrogen) atoms. The van der Waals surface area contributed by atoms with Gasteiger partial charge in [0, 0.05) is 31.4 Å². The smallest absolute Gasteiger partial charge is 0.243 e. The normalized spacial score (nSPS) is 19.8. The second kappa shape index (κ2) is 9.66. The Morgan fingerprint density at radius 2 is 2.24 bits per heavy atom. The fraction of sp³-hybridized carbons (Fsp3) is 0.474. The summed E-state index contributed by atoms with van der Waals surface area (Å²) in [5.74, 6) is 3.21. The van der Waals surface area contributed by atoms with Crippen LogP contribution in [0.3, 0.4) is 0 Å². The van der Waals surface area contributed by atoms with Gasteiger partial charge in [0.15, 0.2) is 5.96 Å². The van der Waals surface area contributed by atoms with Crippen molar-refractivity contribution < 1.29 is 4.79 Å². The maximum atomic E-state index is 12.1. The molecule has 0 spiro atoms. The predicted octanol–water partition coefficient (Wildman–Crippen LogP) is 2.92. The highest BCUT2D eigenvalue weighted by atomic mass is 127. The summed E-state index contributed by atoms with van der Waals surface area (Å²) >= 11 is 0. The van der Waals surface area contributed by atoms with E-state index in [4.69, 9.17) is 6.42 Å². The number of halogens is 1. The van der Waals surface area contributed by atoms with Gasteiger partial charge in [0.05, 0.1) is 6.54 Å². The molecule has 1 saturated heterocycles. The number of guanidine groups is 1. The van der Waals surface area contributed by atoms with Crippen molar-refractivity contribution in [1.82, 2.24) is 10.2 Å². The van der Waals surface area contributed by atoms with E-state index in [1.807, 2.05) is 18.2 Å².